The highest BCUT2D eigenvalue weighted by atomic mass is 16.5. The zero-order valence-corrected chi connectivity index (χ0v) is 9.60. The number of benzene rings is 1. The largest absolute Gasteiger partial charge is 0.504 e. The van der Waals surface area contributed by atoms with Gasteiger partial charge >= 0.3 is 5.97 Å². The Kier molecular flexibility index (Phi) is 3.57. The van der Waals surface area contributed by atoms with E-state index in [9.17, 15) is 14.7 Å². The highest BCUT2D eigenvalue weighted by Crippen LogP contribution is 2.43. The van der Waals surface area contributed by atoms with Crippen molar-refractivity contribution in [2.24, 2.45) is 0 Å². The number of carboxylic acids is 1. The van der Waals surface area contributed by atoms with E-state index in [0.717, 1.165) is 0 Å². The van der Waals surface area contributed by atoms with Gasteiger partial charge in [-0.05, 0) is 6.92 Å². The lowest BCUT2D eigenvalue weighted by atomic mass is 9.99. The van der Waals surface area contributed by atoms with Gasteiger partial charge in [-0.15, -0.1) is 0 Å². The van der Waals surface area contributed by atoms with Gasteiger partial charge in [0.25, 0.3) is 0 Å². The van der Waals surface area contributed by atoms with E-state index in [2.05, 4.69) is 0 Å². The normalized spacial score (nSPS) is 9.82. The van der Waals surface area contributed by atoms with Crippen LogP contribution < -0.4 is 9.47 Å². The van der Waals surface area contributed by atoms with Crippen LogP contribution in [0.2, 0.25) is 0 Å². The summed E-state index contributed by atoms with van der Waals surface area (Å²) in [5, 5.41) is 18.8. The molecule has 17 heavy (non-hydrogen) atoms. The summed E-state index contributed by atoms with van der Waals surface area (Å²) in [5.41, 5.74) is -0.403. The molecule has 0 aromatic heterocycles. The fraction of sp³-hybridized carbons (Fsp3) is 0.273. The number of hydrogen-bond donors (Lipinski definition) is 2. The Labute approximate surface area is 97.4 Å². The zero-order chi connectivity index (χ0) is 13.2. The second kappa shape index (κ2) is 4.73. The molecule has 0 amide bonds. The number of phenolic OH excluding ortho intramolecular Hbond substituents is 1. The van der Waals surface area contributed by atoms with Crippen molar-refractivity contribution in [3.05, 3.63) is 16.7 Å². The average molecular weight is 240 g/mol. The van der Waals surface area contributed by atoms with Gasteiger partial charge in [0.2, 0.25) is 5.75 Å². The van der Waals surface area contributed by atoms with Crippen LogP contribution in [0.1, 0.15) is 26.3 Å². The maximum Gasteiger partial charge on any atom is 0.336 e. The van der Waals surface area contributed by atoms with Gasteiger partial charge in [-0.1, -0.05) is 0 Å². The van der Waals surface area contributed by atoms with Crippen LogP contribution in [-0.4, -0.2) is 36.7 Å². The van der Waals surface area contributed by atoms with E-state index in [1.807, 2.05) is 0 Å². The third kappa shape index (κ3) is 1.89. The molecular formula is C11H12O6. The second-order valence-corrected chi connectivity index (χ2v) is 3.25. The van der Waals surface area contributed by atoms with Crippen LogP contribution in [0, 0.1) is 6.92 Å². The molecule has 1 aromatic rings. The lowest BCUT2D eigenvalue weighted by Crippen LogP contribution is -2.08. The number of carbonyl (C=O) groups is 2. The number of aldehydes is 1. The Balaban J connectivity index is 3.79. The molecule has 0 saturated heterocycles. The molecule has 0 aliphatic rings. The predicted octanol–water partition coefficient (Wildman–Crippen LogP) is 1.23. The van der Waals surface area contributed by atoms with E-state index >= 15 is 0 Å². The molecule has 0 aliphatic heterocycles. The van der Waals surface area contributed by atoms with Crippen molar-refractivity contribution < 1.29 is 29.3 Å². The fourth-order valence-corrected chi connectivity index (χ4v) is 1.66. The fourth-order valence-electron chi connectivity index (χ4n) is 1.66. The highest BCUT2D eigenvalue weighted by molar-refractivity contribution is 6.02. The van der Waals surface area contributed by atoms with E-state index in [4.69, 9.17) is 14.6 Å². The minimum Gasteiger partial charge on any atom is -0.504 e. The predicted molar refractivity (Wildman–Crippen MR) is 58.3 cm³/mol. The molecule has 0 bridgehead atoms. The summed E-state index contributed by atoms with van der Waals surface area (Å²) in [6.07, 6.45) is 0.272. The van der Waals surface area contributed by atoms with Crippen LogP contribution in [0.15, 0.2) is 0 Å². The van der Waals surface area contributed by atoms with Gasteiger partial charge in [-0.25, -0.2) is 4.79 Å². The third-order valence-electron chi connectivity index (χ3n) is 2.40. The van der Waals surface area contributed by atoms with Crippen molar-refractivity contribution in [2.75, 3.05) is 14.2 Å². The quantitative estimate of drug-likeness (QED) is 0.769. The first-order chi connectivity index (χ1) is 7.99. The SMILES string of the molecule is COc1c(C)c(C(=O)O)c(C=O)c(O)c1OC. The first-order valence-electron chi connectivity index (χ1n) is 4.65. The lowest BCUT2D eigenvalue weighted by Gasteiger charge is -2.16. The molecule has 0 saturated carbocycles. The molecule has 92 valence electrons. The standard InChI is InChI=1S/C11H12O6/c1-5-7(11(14)15)6(4-12)8(13)10(17-3)9(5)16-2/h4,13H,1-3H3,(H,14,15). The minimum absolute atomic E-state index is 0.0582. The van der Waals surface area contributed by atoms with Crippen molar-refractivity contribution in [3.63, 3.8) is 0 Å². The lowest BCUT2D eigenvalue weighted by molar-refractivity contribution is 0.0692. The van der Waals surface area contributed by atoms with E-state index in [-0.39, 0.29) is 34.5 Å². The second-order valence-electron chi connectivity index (χ2n) is 3.25. The first-order valence-corrected chi connectivity index (χ1v) is 4.65. The first kappa shape index (κ1) is 12.8. The summed E-state index contributed by atoms with van der Waals surface area (Å²) < 4.78 is 9.87. The molecule has 6 nitrogen and oxygen atoms in total. The molecule has 2 N–H and O–H groups in total. The van der Waals surface area contributed by atoms with Crippen LogP contribution >= 0.6 is 0 Å². The molecule has 0 spiro atoms. The van der Waals surface area contributed by atoms with Gasteiger partial charge in [0.15, 0.2) is 17.8 Å². The maximum atomic E-state index is 11.1. The highest BCUT2D eigenvalue weighted by Gasteiger charge is 2.26. The molecule has 1 rings (SSSR count). The van der Waals surface area contributed by atoms with Gasteiger partial charge in [0.05, 0.1) is 25.3 Å². The van der Waals surface area contributed by atoms with Gasteiger partial charge in [0, 0.05) is 5.56 Å². The monoisotopic (exact) mass is 240 g/mol. The molecule has 0 fully saturated rings. The maximum absolute atomic E-state index is 11.1. The number of aromatic carboxylic acids is 1. The Morgan fingerprint density at radius 1 is 1.24 bits per heavy atom. The number of carbonyl (C=O) groups excluding carboxylic acids is 1. The molecule has 0 aliphatic carbocycles. The van der Waals surface area contributed by atoms with Crippen LogP contribution in [0.4, 0.5) is 0 Å². The molecule has 6 heteroatoms. The van der Waals surface area contributed by atoms with E-state index in [1.165, 1.54) is 21.1 Å². The van der Waals surface area contributed by atoms with Crippen LogP contribution in [0.3, 0.4) is 0 Å². The smallest absolute Gasteiger partial charge is 0.336 e. The number of methoxy groups -OCH3 is 2. The molecule has 0 unspecified atom stereocenters. The number of aromatic hydroxyl groups is 1. The van der Waals surface area contributed by atoms with Crippen molar-refractivity contribution in [1.82, 2.24) is 0 Å². The van der Waals surface area contributed by atoms with Crippen LogP contribution in [0.25, 0.3) is 0 Å². The Hall–Kier alpha value is -2.24. The van der Waals surface area contributed by atoms with Gasteiger partial charge < -0.3 is 19.7 Å². The number of phenols is 1. The Morgan fingerprint density at radius 2 is 1.76 bits per heavy atom. The molecule has 0 radical (unpaired) electrons. The van der Waals surface area contributed by atoms with Crippen LogP contribution in [0.5, 0.6) is 17.2 Å². The van der Waals surface area contributed by atoms with Crippen molar-refractivity contribution >= 4 is 12.3 Å². The van der Waals surface area contributed by atoms with E-state index < -0.39 is 11.7 Å². The number of ether oxygens (including phenoxy) is 2. The molecule has 1 aromatic carbocycles. The third-order valence-corrected chi connectivity index (χ3v) is 2.40. The average Bonchev–Trinajstić information content (AvgIpc) is 2.29. The molecule has 0 atom stereocenters. The van der Waals surface area contributed by atoms with Crippen LogP contribution in [-0.2, 0) is 0 Å². The summed E-state index contributed by atoms with van der Waals surface area (Å²) in [4.78, 5) is 21.9. The topological polar surface area (TPSA) is 93.1 Å². The summed E-state index contributed by atoms with van der Waals surface area (Å²) in [5.74, 6) is -1.83. The summed E-state index contributed by atoms with van der Waals surface area (Å²) in [6.45, 7) is 1.47. The van der Waals surface area contributed by atoms with Crippen molar-refractivity contribution in [2.45, 2.75) is 6.92 Å². The van der Waals surface area contributed by atoms with Crippen molar-refractivity contribution in [3.8, 4) is 17.2 Å². The number of hydrogen-bond acceptors (Lipinski definition) is 5. The summed E-state index contributed by atoms with van der Waals surface area (Å²) >= 11 is 0. The van der Waals surface area contributed by atoms with E-state index in [0.29, 0.717) is 0 Å². The number of carboxylic acid groups (broad SMARTS) is 1. The van der Waals surface area contributed by atoms with E-state index in [1.54, 1.807) is 0 Å². The Morgan fingerprint density at radius 3 is 2.12 bits per heavy atom. The summed E-state index contributed by atoms with van der Waals surface area (Å²) in [7, 11) is 2.60. The van der Waals surface area contributed by atoms with Crippen molar-refractivity contribution in [1.29, 1.82) is 0 Å². The van der Waals surface area contributed by atoms with Gasteiger partial charge in [0.1, 0.15) is 0 Å². The number of rotatable bonds is 4. The minimum atomic E-state index is -1.32. The zero-order valence-electron chi connectivity index (χ0n) is 9.60. The molecular weight excluding hydrogens is 228 g/mol. The van der Waals surface area contributed by atoms with Gasteiger partial charge in [-0.3, -0.25) is 4.79 Å². The van der Waals surface area contributed by atoms with Gasteiger partial charge in [-0.2, -0.15) is 0 Å². The molecule has 0 heterocycles. The summed E-state index contributed by atoms with van der Waals surface area (Å²) in [6, 6.07) is 0. The Bertz CT molecular complexity index is 478.